The fourth-order valence-electron chi connectivity index (χ4n) is 3.47. The predicted octanol–water partition coefficient (Wildman–Crippen LogP) is 3.50. The summed E-state index contributed by atoms with van der Waals surface area (Å²) in [5, 5.41) is 2.78. The summed E-state index contributed by atoms with van der Waals surface area (Å²) in [5.41, 5.74) is 1.15. The summed E-state index contributed by atoms with van der Waals surface area (Å²) in [6.07, 6.45) is 6.47. The number of carbonyl (C=O) groups excluding carboxylic acids is 2. The lowest BCUT2D eigenvalue weighted by Gasteiger charge is -2.38. The number of pyridine rings is 1. The van der Waals surface area contributed by atoms with E-state index in [1.54, 1.807) is 48.8 Å². The van der Waals surface area contributed by atoms with Crippen LogP contribution in [0.5, 0.6) is 5.75 Å². The number of ether oxygens (including phenoxy) is 1. The summed E-state index contributed by atoms with van der Waals surface area (Å²) in [7, 11) is 0. The average Bonchev–Trinajstić information content (AvgIpc) is 2.67. The molecule has 0 spiro atoms. The molecule has 0 aliphatic carbocycles. The van der Waals surface area contributed by atoms with E-state index in [0.29, 0.717) is 17.0 Å². The van der Waals surface area contributed by atoms with Crippen molar-refractivity contribution in [3.8, 4) is 5.75 Å². The summed E-state index contributed by atoms with van der Waals surface area (Å²) in [6.45, 7) is 4.18. The second-order valence-corrected chi connectivity index (χ2v) is 6.94. The van der Waals surface area contributed by atoms with Crippen LogP contribution in [0.4, 0.5) is 5.69 Å². The number of nitrogens with one attached hydrogen (secondary N) is 1. The normalized spacial score (nSPS) is 19.4. The molecule has 1 aliphatic rings. The molecular weight excluding hydrogens is 342 g/mol. The van der Waals surface area contributed by atoms with Gasteiger partial charge in [-0.05, 0) is 69.5 Å². The first kappa shape index (κ1) is 18.9. The van der Waals surface area contributed by atoms with E-state index in [1.165, 1.54) is 0 Å². The number of benzene rings is 1. The van der Waals surface area contributed by atoms with Gasteiger partial charge in [0.15, 0.2) is 6.61 Å². The highest BCUT2D eigenvalue weighted by Crippen LogP contribution is 2.23. The van der Waals surface area contributed by atoms with Gasteiger partial charge in [-0.15, -0.1) is 0 Å². The second-order valence-electron chi connectivity index (χ2n) is 6.94. The van der Waals surface area contributed by atoms with Crippen molar-refractivity contribution >= 4 is 17.5 Å². The molecule has 1 fully saturated rings. The molecule has 3 rings (SSSR count). The number of anilines is 1. The first-order chi connectivity index (χ1) is 13.0. The molecule has 2 unspecified atom stereocenters. The van der Waals surface area contributed by atoms with E-state index in [-0.39, 0.29) is 30.5 Å². The lowest BCUT2D eigenvalue weighted by molar-refractivity contribution is -0.139. The molecule has 2 aromatic rings. The van der Waals surface area contributed by atoms with Gasteiger partial charge >= 0.3 is 0 Å². The zero-order chi connectivity index (χ0) is 19.2. The molecule has 2 atom stereocenters. The van der Waals surface area contributed by atoms with Gasteiger partial charge in [-0.3, -0.25) is 14.6 Å². The highest BCUT2D eigenvalue weighted by molar-refractivity contribution is 6.04. The van der Waals surface area contributed by atoms with Crippen LogP contribution in [0.1, 0.15) is 43.5 Å². The number of rotatable bonds is 5. The maximum absolute atomic E-state index is 12.5. The smallest absolute Gasteiger partial charge is 0.260 e. The number of carbonyl (C=O) groups is 2. The summed E-state index contributed by atoms with van der Waals surface area (Å²) in [6, 6.07) is 10.8. The standard InChI is InChI=1S/C21H25N3O3/c1-15-5-3-6-16(2)24(15)20(25)14-27-19-10-8-17(9-11-19)21(26)23-18-7-4-12-22-13-18/h4,7-13,15-16H,3,5-6,14H2,1-2H3,(H,23,26). The Morgan fingerprint density at radius 2 is 1.85 bits per heavy atom. The Labute approximate surface area is 159 Å². The van der Waals surface area contributed by atoms with Crippen molar-refractivity contribution in [1.82, 2.24) is 9.88 Å². The maximum Gasteiger partial charge on any atom is 0.260 e. The fourth-order valence-corrected chi connectivity index (χ4v) is 3.47. The number of amides is 2. The van der Waals surface area contributed by atoms with Crippen LogP contribution in [0.2, 0.25) is 0 Å². The number of likely N-dealkylation sites (tertiary alicyclic amines) is 1. The van der Waals surface area contributed by atoms with Crippen molar-refractivity contribution in [2.24, 2.45) is 0 Å². The summed E-state index contributed by atoms with van der Waals surface area (Å²) in [5.74, 6) is 0.355. The van der Waals surface area contributed by atoms with Crippen molar-refractivity contribution in [3.63, 3.8) is 0 Å². The molecule has 1 aromatic carbocycles. The molecule has 1 N–H and O–H groups in total. The van der Waals surface area contributed by atoms with Crippen molar-refractivity contribution in [2.75, 3.05) is 11.9 Å². The van der Waals surface area contributed by atoms with E-state index in [4.69, 9.17) is 4.74 Å². The Hall–Kier alpha value is -2.89. The molecule has 1 aliphatic heterocycles. The third-order valence-corrected chi connectivity index (χ3v) is 4.88. The van der Waals surface area contributed by atoms with Gasteiger partial charge < -0.3 is 15.0 Å². The molecule has 0 saturated carbocycles. The maximum atomic E-state index is 12.5. The molecule has 0 radical (unpaired) electrons. The van der Waals surface area contributed by atoms with Crippen LogP contribution < -0.4 is 10.1 Å². The number of nitrogens with zero attached hydrogens (tertiary/aromatic N) is 2. The Morgan fingerprint density at radius 1 is 1.15 bits per heavy atom. The highest BCUT2D eigenvalue weighted by Gasteiger charge is 2.28. The van der Waals surface area contributed by atoms with Crippen LogP contribution in [0.25, 0.3) is 0 Å². The monoisotopic (exact) mass is 367 g/mol. The molecule has 1 saturated heterocycles. The van der Waals surface area contributed by atoms with Gasteiger partial charge in [0, 0.05) is 23.8 Å². The third kappa shape index (κ3) is 4.84. The largest absolute Gasteiger partial charge is 0.484 e. The van der Waals surface area contributed by atoms with Crippen LogP contribution in [-0.2, 0) is 4.79 Å². The molecular formula is C21H25N3O3. The lowest BCUT2D eigenvalue weighted by Crippen LogP contribution is -2.49. The Morgan fingerprint density at radius 3 is 2.48 bits per heavy atom. The fraction of sp³-hybridized carbons (Fsp3) is 0.381. The van der Waals surface area contributed by atoms with E-state index in [2.05, 4.69) is 24.1 Å². The highest BCUT2D eigenvalue weighted by atomic mass is 16.5. The van der Waals surface area contributed by atoms with Crippen LogP contribution in [0, 0.1) is 0 Å². The van der Waals surface area contributed by atoms with Crippen molar-refractivity contribution in [1.29, 1.82) is 0 Å². The zero-order valence-electron chi connectivity index (χ0n) is 15.7. The summed E-state index contributed by atoms with van der Waals surface area (Å²) >= 11 is 0. The second kappa shape index (κ2) is 8.66. The molecule has 2 heterocycles. The first-order valence-electron chi connectivity index (χ1n) is 9.30. The van der Waals surface area contributed by atoms with Gasteiger partial charge in [-0.25, -0.2) is 0 Å². The SMILES string of the molecule is CC1CCCC(C)N1C(=O)COc1ccc(C(=O)Nc2cccnc2)cc1. The van der Waals surface area contributed by atoms with E-state index in [0.717, 1.165) is 19.3 Å². The van der Waals surface area contributed by atoms with E-state index >= 15 is 0 Å². The van der Waals surface area contributed by atoms with Crippen LogP contribution in [0.3, 0.4) is 0 Å². The zero-order valence-corrected chi connectivity index (χ0v) is 15.7. The van der Waals surface area contributed by atoms with E-state index in [9.17, 15) is 9.59 Å². The number of aromatic nitrogens is 1. The summed E-state index contributed by atoms with van der Waals surface area (Å²) in [4.78, 5) is 30.6. The van der Waals surface area contributed by atoms with Gasteiger partial charge in [0.05, 0.1) is 11.9 Å². The van der Waals surface area contributed by atoms with Gasteiger partial charge in [-0.1, -0.05) is 0 Å². The predicted molar refractivity (Wildman–Crippen MR) is 104 cm³/mol. The van der Waals surface area contributed by atoms with Crippen molar-refractivity contribution < 1.29 is 14.3 Å². The number of piperidine rings is 1. The minimum absolute atomic E-state index is 0.00750. The molecule has 6 nitrogen and oxygen atoms in total. The van der Waals surface area contributed by atoms with Gasteiger partial charge in [0.1, 0.15) is 5.75 Å². The number of hydrogen-bond donors (Lipinski definition) is 1. The van der Waals surface area contributed by atoms with E-state index in [1.807, 2.05) is 4.90 Å². The summed E-state index contributed by atoms with van der Waals surface area (Å²) < 4.78 is 5.64. The van der Waals surface area contributed by atoms with Gasteiger partial charge in [-0.2, -0.15) is 0 Å². The Kier molecular flexibility index (Phi) is 6.06. The lowest BCUT2D eigenvalue weighted by atomic mass is 9.97. The molecule has 27 heavy (non-hydrogen) atoms. The molecule has 6 heteroatoms. The minimum atomic E-state index is -0.221. The first-order valence-corrected chi connectivity index (χ1v) is 9.30. The quantitative estimate of drug-likeness (QED) is 0.878. The van der Waals surface area contributed by atoms with Crippen LogP contribution in [-0.4, -0.2) is 40.4 Å². The molecule has 142 valence electrons. The van der Waals surface area contributed by atoms with Gasteiger partial charge in [0.2, 0.25) is 0 Å². The van der Waals surface area contributed by atoms with E-state index < -0.39 is 0 Å². The van der Waals surface area contributed by atoms with Crippen molar-refractivity contribution in [3.05, 3.63) is 54.4 Å². The average molecular weight is 367 g/mol. The van der Waals surface area contributed by atoms with Crippen molar-refractivity contribution in [2.45, 2.75) is 45.2 Å². The molecule has 0 bridgehead atoms. The Balaban J connectivity index is 1.54. The number of hydrogen-bond acceptors (Lipinski definition) is 4. The third-order valence-electron chi connectivity index (χ3n) is 4.88. The van der Waals surface area contributed by atoms with Crippen LogP contribution >= 0.6 is 0 Å². The molecule has 1 aromatic heterocycles. The Bertz CT molecular complexity index is 767. The topological polar surface area (TPSA) is 71.5 Å². The van der Waals surface area contributed by atoms with Crippen LogP contribution in [0.15, 0.2) is 48.8 Å². The van der Waals surface area contributed by atoms with Gasteiger partial charge in [0.25, 0.3) is 11.8 Å². The minimum Gasteiger partial charge on any atom is -0.484 e. The molecule has 2 amide bonds.